The lowest BCUT2D eigenvalue weighted by molar-refractivity contribution is 0.0826. The van der Waals surface area contributed by atoms with Gasteiger partial charge in [-0.2, -0.15) is 0 Å². The van der Waals surface area contributed by atoms with Gasteiger partial charge in [0.05, 0.1) is 0 Å². The van der Waals surface area contributed by atoms with Crippen molar-refractivity contribution >= 4 is 17.8 Å². The molecule has 1 N–H and O–H groups in total. The summed E-state index contributed by atoms with van der Waals surface area (Å²) in [6, 6.07) is 3.19. The van der Waals surface area contributed by atoms with E-state index < -0.39 is 0 Å². The van der Waals surface area contributed by atoms with Crippen molar-refractivity contribution in [2.45, 2.75) is 31.2 Å². The maximum absolute atomic E-state index is 12.9. The van der Waals surface area contributed by atoms with E-state index in [1.165, 1.54) is 4.90 Å². The second-order valence-electron chi connectivity index (χ2n) is 7.34. The molecule has 3 amide bonds. The number of carbonyl (C=O) groups is 2. The van der Waals surface area contributed by atoms with Gasteiger partial charge in [0.2, 0.25) is 0 Å². The molecule has 3 rings (SSSR count). The Kier molecular flexibility index (Phi) is 4.94. The van der Waals surface area contributed by atoms with Gasteiger partial charge >= 0.3 is 6.03 Å². The second kappa shape index (κ2) is 7.00. The number of hydrogen-bond donors (Lipinski definition) is 1. The number of amides is 3. The zero-order valence-corrected chi connectivity index (χ0v) is 15.3. The van der Waals surface area contributed by atoms with Crippen molar-refractivity contribution in [3.63, 3.8) is 0 Å². The molecule has 3 heterocycles. The van der Waals surface area contributed by atoms with E-state index in [0.29, 0.717) is 11.4 Å². The first-order valence-electron chi connectivity index (χ1n) is 8.86. The lowest BCUT2D eigenvalue weighted by atomic mass is 9.85. The Morgan fingerprint density at radius 2 is 1.92 bits per heavy atom. The van der Waals surface area contributed by atoms with Crippen LogP contribution in [0, 0.1) is 0 Å². The largest absolute Gasteiger partial charge is 0.345 e. The molecule has 0 radical (unpaired) electrons. The van der Waals surface area contributed by atoms with Crippen molar-refractivity contribution in [1.82, 2.24) is 19.7 Å². The first-order valence-corrected chi connectivity index (χ1v) is 8.86. The van der Waals surface area contributed by atoms with Crippen molar-refractivity contribution in [3.8, 4) is 0 Å². The lowest BCUT2D eigenvalue weighted by Crippen LogP contribution is -2.54. The molecule has 0 saturated carbocycles. The van der Waals surface area contributed by atoms with Gasteiger partial charge in [-0.1, -0.05) is 0 Å². The first-order chi connectivity index (χ1) is 11.9. The third-order valence-electron chi connectivity index (χ3n) is 5.41. The number of hydrogen-bond acceptors (Lipinski definition) is 4. The van der Waals surface area contributed by atoms with E-state index in [4.69, 9.17) is 0 Å². The maximum Gasteiger partial charge on any atom is 0.323 e. The molecule has 7 nitrogen and oxygen atoms in total. The van der Waals surface area contributed by atoms with Gasteiger partial charge in [0.25, 0.3) is 5.91 Å². The molecule has 136 valence electrons. The zero-order chi connectivity index (χ0) is 18.0. The summed E-state index contributed by atoms with van der Waals surface area (Å²) in [7, 11) is 5.54. The van der Waals surface area contributed by atoms with Gasteiger partial charge in [-0.15, -0.1) is 0 Å². The molecular formula is C18H27N5O2. The molecule has 2 aliphatic heterocycles. The number of aromatic nitrogens is 1. The van der Waals surface area contributed by atoms with Crippen LogP contribution in [0.5, 0.6) is 0 Å². The summed E-state index contributed by atoms with van der Waals surface area (Å²) in [5.74, 6) is 0.318. The van der Waals surface area contributed by atoms with Crippen molar-refractivity contribution in [1.29, 1.82) is 0 Å². The summed E-state index contributed by atoms with van der Waals surface area (Å²) in [5.41, 5.74) is 0.499. The molecule has 0 atom stereocenters. The van der Waals surface area contributed by atoms with Crippen LogP contribution in [-0.4, -0.2) is 77.9 Å². The number of urea groups is 1. The SMILES string of the molecule is CN1CCC2(CCCN2C(=O)Nc2cc(C(=O)N(C)C)ccn2)CC1. The van der Waals surface area contributed by atoms with Gasteiger partial charge in [0.1, 0.15) is 5.82 Å². The summed E-state index contributed by atoms with van der Waals surface area (Å²) >= 11 is 0. The van der Waals surface area contributed by atoms with Crippen LogP contribution < -0.4 is 5.32 Å². The van der Waals surface area contributed by atoms with Crippen LogP contribution >= 0.6 is 0 Å². The number of likely N-dealkylation sites (tertiary alicyclic amines) is 2. The van der Waals surface area contributed by atoms with Crippen LogP contribution in [0.3, 0.4) is 0 Å². The Balaban J connectivity index is 1.72. The number of pyridine rings is 1. The van der Waals surface area contributed by atoms with Gasteiger partial charge in [0.15, 0.2) is 0 Å². The molecule has 2 aliphatic rings. The molecule has 0 unspecified atom stereocenters. The van der Waals surface area contributed by atoms with E-state index in [1.54, 1.807) is 32.4 Å². The predicted molar refractivity (Wildman–Crippen MR) is 96.7 cm³/mol. The van der Waals surface area contributed by atoms with E-state index in [9.17, 15) is 9.59 Å². The van der Waals surface area contributed by atoms with Crippen LogP contribution in [0.4, 0.5) is 10.6 Å². The molecule has 1 aromatic heterocycles. The number of piperidine rings is 1. The molecule has 7 heteroatoms. The molecule has 1 aromatic rings. The minimum Gasteiger partial charge on any atom is -0.345 e. The van der Waals surface area contributed by atoms with E-state index in [0.717, 1.165) is 45.3 Å². The van der Waals surface area contributed by atoms with Gasteiger partial charge in [-0.3, -0.25) is 10.1 Å². The van der Waals surface area contributed by atoms with Gasteiger partial charge in [-0.25, -0.2) is 9.78 Å². The smallest absolute Gasteiger partial charge is 0.323 e. The van der Waals surface area contributed by atoms with Gasteiger partial charge in [-0.05, 0) is 44.9 Å². The van der Waals surface area contributed by atoms with E-state index in [-0.39, 0.29) is 17.5 Å². The van der Waals surface area contributed by atoms with Crippen LogP contribution in [-0.2, 0) is 0 Å². The first kappa shape index (κ1) is 17.7. The zero-order valence-electron chi connectivity index (χ0n) is 15.3. The summed E-state index contributed by atoms with van der Waals surface area (Å²) in [4.78, 5) is 34.9. The van der Waals surface area contributed by atoms with E-state index in [2.05, 4.69) is 22.2 Å². The molecule has 25 heavy (non-hydrogen) atoms. The minimum atomic E-state index is -0.107. The number of nitrogens with zero attached hydrogens (tertiary/aromatic N) is 4. The molecule has 0 aromatic carbocycles. The number of carbonyl (C=O) groups excluding carboxylic acids is 2. The standard InChI is InChI=1S/C18H27N5O2/c1-21(2)16(24)14-5-9-19-15(13-14)20-17(25)23-10-4-6-18(23)7-11-22(3)12-8-18/h5,9,13H,4,6-8,10-12H2,1-3H3,(H,19,20,25). The minimum absolute atomic E-state index is 0.0202. The Labute approximate surface area is 149 Å². The Bertz CT molecular complexity index is 653. The highest BCUT2D eigenvalue weighted by Crippen LogP contribution is 2.38. The Morgan fingerprint density at radius 3 is 2.60 bits per heavy atom. The van der Waals surface area contributed by atoms with Crippen LogP contribution in [0.15, 0.2) is 18.3 Å². The van der Waals surface area contributed by atoms with E-state index in [1.807, 2.05) is 4.90 Å². The average molecular weight is 345 g/mol. The summed E-state index contributed by atoms with van der Waals surface area (Å²) in [5, 5.41) is 2.89. The monoisotopic (exact) mass is 345 g/mol. The van der Waals surface area contributed by atoms with Crippen LogP contribution in [0.2, 0.25) is 0 Å². The van der Waals surface area contributed by atoms with Crippen molar-refractivity contribution < 1.29 is 9.59 Å². The fourth-order valence-electron chi connectivity index (χ4n) is 3.88. The van der Waals surface area contributed by atoms with Crippen LogP contribution in [0.1, 0.15) is 36.0 Å². The fraction of sp³-hybridized carbons (Fsp3) is 0.611. The molecule has 1 spiro atoms. The van der Waals surface area contributed by atoms with Gasteiger partial charge < -0.3 is 14.7 Å². The molecular weight excluding hydrogens is 318 g/mol. The van der Waals surface area contributed by atoms with E-state index >= 15 is 0 Å². The maximum atomic E-state index is 12.9. The topological polar surface area (TPSA) is 68.8 Å². The Hall–Kier alpha value is -2.15. The number of rotatable bonds is 2. The quantitative estimate of drug-likeness (QED) is 0.888. The third kappa shape index (κ3) is 3.61. The molecule has 2 fully saturated rings. The summed E-state index contributed by atoms with van der Waals surface area (Å²) in [6.07, 6.45) is 5.71. The summed E-state index contributed by atoms with van der Waals surface area (Å²) < 4.78 is 0. The molecule has 2 saturated heterocycles. The average Bonchev–Trinajstić information content (AvgIpc) is 3.00. The van der Waals surface area contributed by atoms with Crippen molar-refractivity contribution in [2.24, 2.45) is 0 Å². The second-order valence-corrected chi connectivity index (χ2v) is 7.34. The lowest BCUT2D eigenvalue weighted by Gasteiger charge is -2.44. The highest BCUT2D eigenvalue weighted by molar-refractivity contribution is 5.96. The molecule has 0 bridgehead atoms. The fourth-order valence-corrected chi connectivity index (χ4v) is 3.88. The van der Waals surface area contributed by atoms with Crippen molar-refractivity contribution in [2.75, 3.05) is 46.1 Å². The third-order valence-corrected chi connectivity index (χ3v) is 5.41. The summed E-state index contributed by atoms with van der Waals surface area (Å²) in [6.45, 7) is 2.83. The number of anilines is 1. The highest BCUT2D eigenvalue weighted by atomic mass is 16.2. The van der Waals surface area contributed by atoms with Gasteiger partial charge in [0, 0.05) is 51.0 Å². The Morgan fingerprint density at radius 1 is 1.20 bits per heavy atom. The normalized spacial score (nSPS) is 19.9. The predicted octanol–water partition coefficient (Wildman–Crippen LogP) is 1.88. The number of nitrogens with one attached hydrogen (secondary N) is 1. The van der Waals surface area contributed by atoms with Crippen molar-refractivity contribution in [3.05, 3.63) is 23.9 Å². The molecule has 0 aliphatic carbocycles. The van der Waals surface area contributed by atoms with Crippen LogP contribution in [0.25, 0.3) is 0 Å². The highest BCUT2D eigenvalue weighted by Gasteiger charge is 2.45.